The minimum Gasteiger partial charge on any atom is -0.416 e. The van der Waals surface area contributed by atoms with E-state index in [0.717, 1.165) is 12.5 Å². The molecule has 0 saturated heterocycles. The van der Waals surface area contributed by atoms with Crippen LogP contribution in [0.15, 0.2) is 30.9 Å². The summed E-state index contributed by atoms with van der Waals surface area (Å²) in [5.74, 6) is -1.56. The number of hydrogen-bond donors (Lipinski definition) is 2. The topological polar surface area (TPSA) is 109 Å². The van der Waals surface area contributed by atoms with Crippen molar-refractivity contribution in [2.24, 2.45) is 0 Å². The van der Waals surface area contributed by atoms with Crippen molar-refractivity contribution >= 4 is 28.6 Å². The molecule has 0 amide bonds. The van der Waals surface area contributed by atoms with Gasteiger partial charge in [0.25, 0.3) is 6.49 Å². The van der Waals surface area contributed by atoms with E-state index < -0.39 is 18.0 Å². The van der Waals surface area contributed by atoms with Crippen molar-refractivity contribution in [2.45, 2.75) is 0 Å². The summed E-state index contributed by atoms with van der Waals surface area (Å²) >= 11 is 5.71. The summed E-state index contributed by atoms with van der Waals surface area (Å²) in [6, 6.07) is 0. The van der Waals surface area contributed by atoms with Gasteiger partial charge < -0.3 is 8.83 Å². The lowest BCUT2D eigenvalue weighted by Crippen LogP contribution is -2.18. The fourth-order valence-electron chi connectivity index (χ4n) is 0.955. The average Bonchev–Trinajstić information content (AvgIpc) is 2.74. The van der Waals surface area contributed by atoms with Gasteiger partial charge in [-0.2, -0.15) is 0 Å². The van der Waals surface area contributed by atoms with Gasteiger partial charge in [0.05, 0.1) is 0 Å². The fourth-order valence-corrected chi connectivity index (χ4v) is 2.55. The van der Waals surface area contributed by atoms with Crippen molar-refractivity contribution in [3.63, 3.8) is 0 Å². The van der Waals surface area contributed by atoms with Gasteiger partial charge in [0.1, 0.15) is 23.4 Å². The van der Waals surface area contributed by atoms with E-state index in [-0.39, 0.29) is 10.9 Å². The molecular weight excluding hydrogens is 247 g/mol. The van der Waals surface area contributed by atoms with Crippen LogP contribution >= 0.6 is 17.7 Å². The van der Waals surface area contributed by atoms with Crippen molar-refractivity contribution in [2.75, 3.05) is 0 Å². The quantitative estimate of drug-likeness (QED) is 0.712. The lowest BCUT2D eigenvalue weighted by atomic mass is 11.0. The minimum absolute atomic E-state index is 0.105. The molecule has 2 aromatic heterocycles. The van der Waals surface area contributed by atoms with Crippen LogP contribution in [-0.2, 0) is 4.57 Å². The summed E-state index contributed by atoms with van der Waals surface area (Å²) < 4.78 is 20.7. The van der Waals surface area contributed by atoms with E-state index in [1.54, 1.807) is 0 Å². The van der Waals surface area contributed by atoms with Crippen LogP contribution in [0.4, 0.5) is 0 Å². The number of aromatic amines is 2. The summed E-state index contributed by atoms with van der Waals surface area (Å²) in [6.45, 7) is -3.58. The fraction of sp³-hybridized carbons (Fsp3) is 0. The molecule has 2 heterocycles. The van der Waals surface area contributed by atoms with E-state index in [4.69, 9.17) is 11.2 Å². The highest BCUT2D eigenvalue weighted by Crippen LogP contribution is 2.46. The van der Waals surface area contributed by atoms with E-state index in [2.05, 4.69) is 18.8 Å². The van der Waals surface area contributed by atoms with Crippen molar-refractivity contribution < 1.29 is 13.4 Å². The first-order valence-electron chi connectivity index (χ1n) is 3.66. The Morgan fingerprint density at radius 2 is 1.47 bits per heavy atom. The van der Waals surface area contributed by atoms with Crippen LogP contribution in [0, 0.1) is 0 Å². The number of rotatable bonds is 2. The van der Waals surface area contributed by atoms with E-state index in [9.17, 15) is 14.2 Å². The summed E-state index contributed by atoms with van der Waals surface area (Å²) in [4.78, 5) is 25.6. The standard InChI is InChI=1S/C6H4ClN2O5P/c7-15(12,3-1-13-5(10)8-3)4-2-14-6(11)9-4/h1-2H,(H,8,10)(H,9,11). The monoisotopic (exact) mass is 250 g/mol. The summed E-state index contributed by atoms with van der Waals surface area (Å²) in [5.41, 5.74) is -0.211. The molecule has 0 aliphatic carbocycles. The molecule has 0 spiro atoms. The summed E-state index contributed by atoms with van der Waals surface area (Å²) in [5, 5.41) is 0. The third-order valence-corrected chi connectivity index (χ3v) is 4.40. The van der Waals surface area contributed by atoms with Crippen LogP contribution in [0.2, 0.25) is 0 Å². The van der Waals surface area contributed by atoms with Gasteiger partial charge in [0.15, 0.2) is 0 Å². The molecule has 2 aromatic rings. The Morgan fingerprint density at radius 3 is 1.73 bits per heavy atom. The van der Waals surface area contributed by atoms with E-state index in [1.807, 2.05) is 0 Å². The van der Waals surface area contributed by atoms with Gasteiger partial charge in [-0.3, -0.25) is 14.5 Å². The molecule has 0 fully saturated rings. The zero-order chi connectivity index (χ0) is 11.1. The minimum atomic E-state index is -3.58. The van der Waals surface area contributed by atoms with Crippen molar-refractivity contribution in [3.8, 4) is 0 Å². The molecule has 2 N–H and O–H groups in total. The van der Waals surface area contributed by atoms with E-state index in [1.165, 1.54) is 0 Å². The molecule has 0 aromatic carbocycles. The Kier molecular flexibility index (Phi) is 2.21. The smallest absolute Gasteiger partial charge is 0.416 e. The Labute approximate surface area is 86.2 Å². The molecule has 15 heavy (non-hydrogen) atoms. The zero-order valence-electron chi connectivity index (χ0n) is 7.02. The second-order valence-electron chi connectivity index (χ2n) is 2.60. The third-order valence-electron chi connectivity index (χ3n) is 1.64. The lowest BCUT2D eigenvalue weighted by Gasteiger charge is -2.01. The van der Waals surface area contributed by atoms with Crippen LogP contribution in [-0.4, -0.2) is 9.97 Å². The molecule has 0 radical (unpaired) electrons. The summed E-state index contributed by atoms with van der Waals surface area (Å²) in [6.07, 6.45) is 1.86. The molecule has 7 nitrogen and oxygen atoms in total. The normalized spacial score (nSPS) is 11.8. The van der Waals surface area contributed by atoms with E-state index >= 15 is 0 Å². The highest BCUT2D eigenvalue weighted by molar-refractivity contribution is 8.00. The maximum absolute atomic E-state index is 11.9. The molecule has 0 saturated carbocycles. The second kappa shape index (κ2) is 3.29. The molecule has 0 bridgehead atoms. The maximum atomic E-state index is 11.9. The first kappa shape index (κ1) is 10.1. The highest BCUT2D eigenvalue weighted by Gasteiger charge is 2.29. The third kappa shape index (κ3) is 1.71. The Morgan fingerprint density at radius 1 is 1.07 bits per heavy atom. The van der Waals surface area contributed by atoms with Crippen LogP contribution in [0.3, 0.4) is 0 Å². The van der Waals surface area contributed by atoms with Crippen LogP contribution < -0.4 is 22.4 Å². The number of hydrogen-bond acceptors (Lipinski definition) is 5. The van der Waals surface area contributed by atoms with Crippen molar-refractivity contribution in [1.82, 2.24) is 9.97 Å². The molecule has 2 rings (SSSR count). The van der Waals surface area contributed by atoms with Crippen LogP contribution in [0.5, 0.6) is 0 Å². The number of H-pyrrole nitrogens is 2. The number of aromatic nitrogens is 2. The predicted octanol–water partition coefficient (Wildman–Crippen LogP) is -0.283. The molecule has 80 valence electrons. The van der Waals surface area contributed by atoms with Gasteiger partial charge in [-0.05, 0) is 11.2 Å². The number of oxazole rings is 2. The molecule has 0 aliphatic heterocycles. The lowest BCUT2D eigenvalue weighted by molar-refractivity contribution is 0.515. The van der Waals surface area contributed by atoms with Crippen molar-refractivity contribution in [3.05, 3.63) is 33.6 Å². The Hall–Kier alpha value is -1.46. The number of nitrogens with one attached hydrogen (secondary N) is 2. The van der Waals surface area contributed by atoms with Gasteiger partial charge in [-0.15, -0.1) is 0 Å². The maximum Gasteiger partial charge on any atom is 0.416 e. The van der Waals surface area contributed by atoms with Gasteiger partial charge in [-0.25, -0.2) is 9.59 Å². The van der Waals surface area contributed by atoms with Gasteiger partial charge in [0, 0.05) is 0 Å². The van der Waals surface area contributed by atoms with Gasteiger partial charge >= 0.3 is 11.5 Å². The van der Waals surface area contributed by atoms with Crippen molar-refractivity contribution in [1.29, 1.82) is 0 Å². The van der Waals surface area contributed by atoms with Gasteiger partial charge in [0.2, 0.25) is 0 Å². The summed E-state index contributed by atoms with van der Waals surface area (Å²) in [7, 11) is 0. The molecule has 0 aliphatic rings. The highest BCUT2D eigenvalue weighted by atomic mass is 35.7. The van der Waals surface area contributed by atoms with Crippen LogP contribution in [0.1, 0.15) is 0 Å². The largest absolute Gasteiger partial charge is 0.416 e. The predicted molar refractivity (Wildman–Crippen MR) is 51.4 cm³/mol. The first-order chi connectivity index (χ1) is 7.00. The SMILES string of the molecule is O=c1[nH]c(P(=O)(Cl)c2coc(=O)[nH]2)co1. The molecule has 0 unspecified atom stereocenters. The Bertz CT molecular complexity index is 582. The van der Waals surface area contributed by atoms with E-state index in [0.29, 0.717) is 0 Å². The first-order valence-corrected chi connectivity index (χ1v) is 6.28. The number of halogens is 1. The molecule has 9 heteroatoms. The van der Waals surface area contributed by atoms with Crippen LogP contribution in [0.25, 0.3) is 0 Å². The zero-order valence-corrected chi connectivity index (χ0v) is 8.67. The second-order valence-corrected chi connectivity index (χ2v) is 6.06. The Balaban J connectivity index is 2.57. The molecular formula is C6H4ClN2O5P. The average molecular weight is 251 g/mol. The van der Waals surface area contributed by atoms with Gasteiger partial charge in [-0.1, -0.05) is 0 Å². The molecule has 0 atom stereocenters.